The van der Waals surface area contributed by atoms with E-state index in [1.165, 1.54) is 44.8 Å². The Morgan fingerprint density at radius 3 is 1.06 bits per heavy atom. The van der Waals surface area contributed by atoms with Crippen LogP contribution >= 0.6 is 22.7 Å². The van der Waals surface area contributed by atoms with Crippen molar-refractivity contribution in [3.63, 3.8) is 0 Å². The molecule has 2 aromatic heterocycles. The first-order valence-electron chi connectivity index (χ1n) is 27.2. The van der Waals surface area contributed by atoms with Crippen LogP contribution in [0.3, 0.4) is 0 Å². The highest BCUT2D eigenvalue weighted by atomic mass is 32.1. The maximum absolute atomic E-state index is 15.9. The van der Waals surface area contributed by atoms with Gasteiger partial charge < -0.3 is 9.80 Å². The summed E-state index contributed by atoms with van der Waals surface area (Å²) in [5, 5.41) is 4.40. The zero-order chi connectivity index (χ0) is 55.4. The molecule has 0 saturated carbocycles. The largest absolute Gasteiger partial charge is 0.309 e. The fourth-order valence-electron chi connectivity index (χ4n) is 13.5. The van der Waals surface area contributed by atoms with Gasteiger partial charge in [0, 0.05) is 59.9 Å². The number of fused-ring (bicyclic) bond motifs is 15. The van der Waals surface area contributed by atoms with Gasteiger partial charge in [-0.1, -0.05) is 177 Å². The number of halogens is 4. The summed E-state index contributed by atoms with van der Waals surface area (Å²) in [5.74, 6) is -2.71. The van der Waals surface area contributed by atoms with Gasteiger partial charge in [-0.2, -0.15) is 0 Å². The molecule has 10 aromatic carbocycles. The van der Waals surface area contributed by atoms with Crippen LogP contribution in [0, 0.1) is 23.3 Å². The number of hydrogen-bond donors (Lipinski definition) is 0. The molecular weight excluding hydrogens is 1030 g/mol. The molecule has 0 N–H and O–H groups in total. The second kappa shape index (κ2) is 17.7. The lowest BCUT2D eigenvalue weighted by Crippen LogP contribution is -2.40. The molecule has 0 amide bonds. The minimum absolute atomic E-state index is 0.136. The quantitative estimate of drug-likeness (QED) is 0.153. The Morgan fingerprint density at radius 2 is 0.688 bits per heavy atom. The van der Waals surface area contributed by atoms with Gasteiger partial charge in [0.1, 0.15) is 23.3 Å². The minimum Gasteiger partial charge on any atom is -0.309 e. The first-order valence-corrected chi connectivity index (χ1v) is 28.9. The van der Waals surface area contributed by atoms with Crippen molar-refractivity contribution in [3.8, 4) is 11.1 Å². The summed E-state index contributed by atoms with van der Waals surface area (Å²) in [6.07, 6.45) is 0. The average Bonchev–Trinajstić information content (AvgIpc) is 4.21. The summed E-state index contributed by atoms with van der Waals surface area (Å²) >= 11 is 3.42. The van der Waals surface area contributed by atoms with E-state index in [1.807, 2.05) is 21.9 Å². The molecule has 14 rings (SSSR count). The van der Waals surface area contributed by atoms with Crippen LogP contribution in [-0.2, 0) is 21.7 Å². The lowest BCUT2D eigenvalue weighted by atomic mass is 9.55. The molecule has 2 heterocycles. The third-order valence-corrected chi connectivity index (χ3v) is 19.5. The van der Waals surface area contributed by atoms with Gasteiger partial charge in [-0.25, -0.2) is 17.6 Å². The first kappa shape index (κ1) is 50.2. The van der Waals surface area contributed by atoms with E-state index in [-0.39, 0.29) is 10.8 Å². The fraction of sp³-hybridized carbons (Fsp3) is 0.167. The van der Waals surface area contributed by atoms with Gasteiger partial charge in [-0.05, 0) is 127 Å². The van der Waals surface area contributed by atoms with Gasteiger partial charge in [0.15, 0.2) is 0 Å². The van der Waals surface area contributed by atoms with Gasteiger partial charge in [0.05, 0.1) is 37.6 Å². The van der Waals surface area contributed by atoms with E-state index in [1.54, 1.807) is 22.7 Å². The van der Waals surface area contributed by atoms with Crippen molar-refractivity contribution in [2.24, 2.45) is 0 Å². The van der Waals surface area contributed by atoms with Crippen molar-refractivity contribution in [2.75, 3.05) is 9.80 Å². The Balaban J connectivity index is 1.06. The summed E-state index contributed by atoms with van der Waals surface area (Å²) in [4.78, 5) is 4.04. The van der Waals surface area contributed by atoms with E-state index in [2.05, 4.69) is 201 Å². The van der Waals surface area contributed by atoms with Crippen LogP contribution in [0.15, 0.2) is 194 Å². The SMILES string of the molecule is CC(C)(C)c1cccc2c1sc1c(N(c3cc(F)cc(F)c3)c3ccc4c(c3)C3(c5cc(N(c6cc(F)cc(F)c6)c6cccc7c6sc6c(C(C)(C)C)cccc67)ccc5-4)c4ccccc4C(C)(C)c4ccccc43)cccc12. The smallest absolute Gasteiger partial charge is 0.128 e. The number of nitrogens with zero attached hydrogens (tertiary/aromatic N) is 2. The highest BCUT2D eigenvalue weighted by molar-refractivity contribution is 7.27. The lowest BCUT2D eigenvalue weighted by Gasteiger charge is -2.47. The average molecular weight is 1090 g/mol. The van der Waals surface area contributed by atoms with Crippen molar-refractivity contribution in [1.29, 1.82) is 0 Å². The summed E-state index contributed by atoms with van der Waals surface area (Å²) in [6.45, 7) is 17.9. The molecule has 0 fully saturated rings. The molecule has 8 heteroatoms. The Labute approximate surface area is 471 Å². The van der Waals surface area contributed by atoms with Gasteiger partial charge in [-0.3, -0.25) is 0 Å². The molecule has 0 bridgehead atoms. The van der Waals surface area contributed by atoms with Crippen LogP contribution in [-0.4, -0.2) is 0 Å². The molecule has 2 aliphatic rings. The number of benzene rings is 10. The van der Waals surface area contributed by atoms with Crippen LogP contribution in [0.2, 0.25) is 0 Å². The second-order valence-corrected chi connectivity index (χ2v) is 26.3. The number of rotatable bonds is 6. The molecule has 1 spiro atoms. The van der Waals surface area contributed by atoms with Crippen molar-refractivity contribution >= 4 is 97.1 Å². The second-order valence-electron chi connectivity index (χ2n) is 24.2. The van der Waals surface area contributed by atoms with E-state index in [9.17, 15) is 0 Å². The summed E-state index contributed by atoms with van der Waals surface area (Å²) in [6, 6.07) is 63.3. The fourth-order valence-corrected chi connectivity index (χ4v) is 16.6. The summed E-state index contributed by atoms with van der Waals surface area (Å²) < 4.78 is 67.8. The summed E-state index contributed by atoms with van der Waals surface area (Å²) in [7, 11) is 0. The maximum atomic E-state index is 15.9. The number of anilines is 6. The molecule has 0 radical (unpaired) electrons. The third-order valence-electron chi connectivity index (χ3n) is 16.9. The first-order chi connectivity index (χ1) is 38.3. The zero-order valence-corrected chi connectivity index (χ0v) is 47.3. The van der Waals surface area contributed by atoms with Crippen molar-refractivity contribution in [2.45, 2.75) is 77.0 Å². The standard InChI is InChI=1S/C72H56F4N2S2/c1-69(2,3)59-25-13-17-51-53-19-15-27-63(67(53)79-65(51)59)77(47-35-41(73)33-42(74)36-47)45-29-31-49-50-32-30-46(40-62(50)72(61(49)39-45)57-23-11-9-21-55(57)71(7,8)56-22-10-12-24-58(56)72)78(48-37-43(75)34-44(76)38-48)64-28-16-20-54-52-18-14-26-60(70(4,5)6)66(52)80-68(54)64/h9-40H,1-8H3. The minimum atomic E-state index is -0.965. The monoisotopic (exact) mass is 1090 g/mol. The Kier molecular flexibility index (Phi) is 11.1. The molecule has 394 valence electrons. The maximum Gasteiger partial charge on any atom is 0.128 e. The Morgan fingerprint density at radius 1 is 0.338 bits per heavy atom. The van der Waals surface area contributed by atoms with E-state index < -0.39 is 34.1 Å². The molecule has 0 unspecified atom stereocenters. The molecule has 2 nitrogen and oxygen atoms in total. The zero-order valence-electron chi connectivity index (χ0n) is 45.7. The molecule has 0 atom stereocenters. The molecule has 0 saturated heterocycles. The molecular formula is C72H56F4N2S2. The van der Waals surface area contributed by atoms with Crippen LogP contribution in [0.25, 0.3) is 51.5 Å². The van der Waals surface area contributed by atoms with Crippen LogP contribution < -0.4 is 9.80 Å². The van der Waals surface area contributed by atoms with E-state index in [4.69, 9.17) is 0 Å². The van der Waals surface area contributed by atoms with Crippen LogP contribution in [0.1, 0.15) is 99.9 Å². The Hall–Kier alpha value is -8.04. The van der Waals surface area contributed by atoms with Gasteiger partial charge in [-0.15, -0.1) is 22.7 Å². The van der Waals surface area contributed by atoms with Crippen molar-refractivity contribution in [1.82, 2.24) is 0 Å². The van der Waals surface area contributed by atoms with Crippen LogP contribution in [0.4, 0.5) is 51.7 Å². The third kappa shape index (κ3) is 7.41. The molecule has 2 aliphatic carbocycles. The molecule has 12 aromatic rings. The van der Waals surface area contributed by atoms with Gasteiger partial charge >= 0.3 is 0 Å². The summed E-state index contributed by atoms with van der Waals surface area (Å²) in [5.41, 5.74) is 13.1. The van der Waals surface area contributed by atoms with Crippen LogP contribution in [0.5, 0.6) is 0 Å². The molecule has 80 heavy (non-hydrogen) atoms. The Bertz CT molecular complexity index is 4240. The predicted molar refractivity (Wildman–Crippen MR) is 328 cm³/mol. The van der Waals surface area contributed by atoms with Gasteiger partial charge in [0.2, 0.25) is 0 Å². The predicted octanol–water partition coefficient (Wildman–Crippen LogP) is 21.5. The van der Waals surface area contributed by atoms with Crippen molar-refractivity contribution in [3.05, 3.63) is 262 Å². The topological polar surface area (TPSA) is 6.48 Å². The highest BCUT2D eigenvalue weighted by Crippen LogP contribution is 2.64. The highest BCUT2D eigenvalue weighted by Gasteiger charge is 2.54. The molecule has 0 aliphatic heterocycles. The van der Waals surface area contributed by atoms with E-state index >= 15 is 17.6 Å². The lowest BCUT2D eigenvalue weighted by molar-refractivity contribution is 0.563. The number of hydrogen-bond acceptors (Lipinski definition) is 4. The van der Waals surface area contributed by atoms with Crippen molar-refractivity contribution < 1.29 is 17.6 Å². The number of thiophene rings is 2. The van der Waals surface area contributed by atoms with Gasteiger partial charge in [0.25, 0.3) is 0 Å². The normalized spacial score (nSPS) is 14.2. The van der Waals surface area contributed by atoms with E-state index in [0.29, 0.717) is 11.4 Å². The van der Waals surface area contributed by atoms with E-state index in [0.717, 1.165) is 110 Å².